The number of rotatable bonds is 5. The molecule has 28 heavy (non-hydrogen) atoms. The molecule has 2 aromatic carbocycles. The third-order valence-corrected chi connectivity index (χ3v) is 4.65. The number of nitrogens with zero attached hydrogens (tertiary/aromatic N) is 1. The minimum absolute atomic E-state index is 0.134. The summed E-state index contributed by atoms with van der Waals surface area (Å²) in [6.45, 7) is 1.62. The van der Waals surface area contributed by atoms with Crippen molar-refractivity contribution in [2.45, 2.75) is 18.9 Å². The summed E-state index contributed by atoms with van der Waals surface area (Å²) in [6, 6.07) is 17.9. The van der Waals surface area contributed by atoms with E-state index >= 15 is 0 Å². The molecule has 4 amide bonds. The van der Waals surface area contributed by atoms with Crippen LogP contribution < -0.4 is 10.6 Å². The molecule has 1 saturated heterocycles. The van der Waals surface area contributed by atoms with E-state index in [9.17, 15) is 14.4 Å². The standard InChI is InChI=1S/C22H21N3O3/c1-2-22(18-13-7-4-8-14-18)20(27)25(21(28)24-22)16-19(26)23-15-9-12-17-10-5-3-6-11-17/h3-8,10-11,13-14H,2,15-16H2,1H3,(H,23,26)(H,24,28). The van der Waals surface area contributed by atoms with Crippen molar-refractivity contribution >= 4 is 17.8 Å². The van der Waals surface area contributed by atoms with Gasteiger partial charge in [-0.15, -0.1) is 0 Å². The third kappa shape index (κ3) is 3.89. The van der Waals surface area contributed by atoms with Crippen LogP contribution in [0.15, 0.2) is 60.7 Å². The van der Waals surface area contributed by atoms with Gasteiger partial charge in [-0.05, 0) is 24.1 Å². The Hall–Kier alpha value is -3.59. The molecule has 0 bridgehead atoms. The first-order valence-electron chi connectivity index (χ1n) is 9.07. The average Bonchev–Trinajstić information content (AvgIpc) is 2.98. The molecule has 1 atom stereocenters. The van der Waals surface area contributed by atoms with Crippen molar-refractivity contribution < 1.29 is 14.4 Å². The summed E-state index contributed by atoms with van der Waals surface area (Å²) in [7, 11) is 0. The summed E-state index contributed by atoms with van der Waals surface area (Å²) in [5.41, 5.74) is 0.417. The molecule has 0 spiro atoms. The number of carbonyl (C=O) groups is 3. The van der Waals surface area contributed by atoms with Crippen LogP contribution in [0.25, 0.3) is 0 Å². The molecule has 2 aromatic rings. The van der Waals surface area contributed by atoms with Crippen LogP contribution in [0.5, 0.6) is 0 Å². The smallest absolute Gasteiger partial charge is 0.325 e. The number of hydrogen-bond acceptors (Lipinski definition) is 3. The molecule has 142 valence electrons. The number of amides is 4. The monoisotopic (exact) mass is 375 g/mol. The van der Waals surface area contributed by atoms with Crippen molar-refractivity contribution in [1.29, 1.82) is 0 Å². The molecule has 1 unspecified atom stereocenters. The Balaban J connectivity index is 1.63. The van der Waals surface area contributed by atoms with Crippen molar-refractivity contribution in [2.75, 3.05) is 13.1 Å². The zero-order chi connectivity index (χ0) is 20.0. The van der Waals surface area contributed by atoms with Crippen LogP contribution in [0.1, 0.15) is 24.5 Å². The fraction of sp³-hybridized carbons (Fsp3) is 0.227. The molecule has 0 radical (unpaired) electrons. The second kappa shape index (κ2) is 8.40. The van der Waals surface area contributed by atoms with E-state index in [0.29, 0.717) is 12.0 Å². The first-order chi connectivity index (χ1) is 13.6. The first kappa shape index (κ1) is 19.2. The second-order valence-electron chi connectivity index (χ2n) is 6.39. The summed E-state index contributed by atoms with van der Waals surface area (Å²) in [6.07, 6.45) is 0.391. The van der Waals surface area contributed by atoms with Gasteiger partial charge in [0.05, 0.1) is 6.54 Å². The molecule has 1 aliphatic heterocycles. The molecule has 6 heteroatoms. The normalized spacial score (nSPS) is 18.2. The van der Waals surface area contributed by atoms with Gasteiger partial charge in [0.25, 0.3) is 5.91 Å². The van der Waals surface area contributed by atoms with Crippen LogP contribution >= 0.6 is 0 Å². The maximum absolute atomic E-state index is 13.0. The Bertz CT molecular complexity index is 932. The molecule has 1 fully saturated rings. The molecular weight excluding hydrogens is 354 g/mol. The van der Waals surface area contributed by atoms with Crippen molar-refractivity contribution in [2.24, 2.45) is 0 Å². The zero-order valence-electron chi connectivity index (χ0n) is 15.6. The fourth-order valence-electron chi connectivity index (χ4n) is 3.14. The summed E-state index contributed by atoms with van der Waals surface area (Å²) in [5.74, 6) is 4.92. The number of imide groups is 1. The van der Waals surface area contributed by atoms with Gasteiger partial charge in [-0.1, -0.05) is 67.3 Å². The lowest BCUT2D eigenvalue weighted by Crippen LogP contribution is -2.44. The number of benzene rings is 2. The Labute approximate surface area is 163 Å². The Morgan fingerprint density at radius 1 is 1.07 bits per heavy atom. The van der Waals surface area contributed by atoms with Crippen molar-refractivity contribution in [1.82, 2.24) is 15.5 Å². The van der Waals surface area contributed by atoms with Gasteiger partial charge in [0.2, 0.25) is 5.91 Å². The van der Waals surface area contributed by atoms with Crippen molar-refractivity contribution in [3.05, 3.63) is 71.8 Å². The summed E-state index contributed by atoms with van der Waals surface area (Å²) < 4.78 is 0. The number of hydrogen-bond donors (Lipinski definition) is 2. The molecule has 2 N–H and O–H groups in total. The van der Waals surface area contributed by atoms with Gasteiger partial charge in [-0.2, -0.15) is 0 Å². The van der Waals surface area contributed by atoms with Gasteiger partial charge in [-0.3, -0.25) is 14.5 Å². The predicted molar refractivity (Wildman–Crippen MR) is 105 cm³/mol. The van der Waals surface area contributed by atoms with Gasteiger partial charge in [0, 0.05) is 5.56 Å². The Kier molecular flexibility index (Phi) is 5.75. The third-order valence-electron chi connectivity index (χ3n) is 4.65. The van der Waals surface area contributed by atoms with E-state index in [1.165, 1.54) is 0 Å². The quantitative estimate of drug-likeness (QED) is 0.620. The predicted octanol–water partition coefficient (Wildman–Crippen LogP) is 2.01. The minimum Gasteiger partial charge on any atom is -0.344 e. The highest BCUT2D eigenvalue weighted by molar-refractivity contribution is 6.09. The van der Waals surface area contributed by atoms with Crippen LogP contribution in [0, 0.1) is 11.8 Å². The van der Waals surface area contributed by atoms with Crippen LogP contribution in [0.4, 0.5) is 4.79 Å². The molecule has 1 heterocycles. The Morgan fingerprint density at radius 2 is 1.71 bits per heavy atom. The van der Waals surface area contributed by atoms with E-state index in [1.807, 2.05) is 55.5 Å². The van der Waals surface area contributed by atoms with Gasteiger partial charge >= 0.3 is 6.03 Å². The first-order valence-corrected chi connectivity index (χ1v) is 9.07. The van der Waals surface area contributed by atoms with E-state index in [0.717, 1.165) is 10.5 Å². The van der Waals surface area contributed by atoms with E-state index in [4.69, 9.17) is 0 Å². The summed E-state index contributed by atoms with van der Waals surface area (Å²) >= 11 is 0. The maximum atomic E-state index is 13.0. The van der Waals surface area contributed by atoms with Gasteiger partial charge in [0.15, 0.2) is 0 Å². The second-order valence-corrected chi connectivity index (χ2v) is 6.39. The lowest BCUT2D eigenvalue weighted by Gasteiger charge is -2.25. The lowest BCUT2D eigenvalue weighted by molar-refractivity contribution is -0.135. The SMILES string of the molecule is CCC1(c2ccccc2)NC(=O)N(CC(=O)NCC#Cc2ccccc2)C1=O. The van der Waals surface area contributed by atoms with E-state index < -0.39 is 23.4 Å². The number of nitrogens with one attached hydrogen (secondary N) is 2. The van der Waals surface area contributed by atoms with Gasteiger partial charge < -0.3 is 10.6 Å². The minimum atomic E-state index is -1.13. The van der Waals surface area contributed by atoms with E-state index in [-0.39, 0.29) is 13.1 Å². The van der Waals surface area contributed by atoms with Gasteiger partial charge in [-0.25, -0.2) is 4.79 Å². The highest BCUT2D eigenvalue weighted by atomic mass is 16.2. The average molecular weight is 375 g/mol. The van der Waals surface area contributed by atoms with Crippen LogP contribution in [0.2, 0.25) is 0 Å². The zero-order valence-corrected chi connectivity index (χ0v) is 15.6. The van der Waals surface area contributed by atoms with E-state index in [2.05, 4.69) is 22.5 Å². The van der Waals surface area contributed by atoms with E-state index in [1.54, 1.807) is 12.1 Å². The molecular formula is C22H21N3O3. The van der Waals surface area contributed by atoms with Crippen LogP contribution in [-0.2, 0) is 15.1 Å². The van der Waals surface area contributed by atoms with Crippen molar-refractivity contribution in [3.63, 3.8) is 0 Å². The highest BCUT2D eigenvalue weighted by Gasteiger charge is 2.51. The largest absolute Gasteiger partial charge is 0.344 e. The summed E-state index contributed by atoms with van der Waals surface area (Å²) in [5, 5.41) is 5.38. The number of carbonyl (C=O) groups excluding carboxylic acids is 3. The molecule has 6 nitrogen and oxygen atoms in total. The number of urea groups is 1. The maximum Gasteiger partial charge on any atom is 0.325 e. The topological polar surface area (TPSA) is 78.5 Å². The van der Waals surface area contributed by atoms with Crippen LogP contribution in [0.3, 0.4) is 0 Å². The highest BCUT2D eigenvalue weighted by Crippen LogP contribution is 2.32. The molecule has 0 saturated carbocycles. The fourth-order valence-corrected chi connectivity index (χ4v) is 3.14. The Morgan fingerprint density at radius 3 is 2.36 bits per heavy atom. The molecule has 0 aliphatic carbocycles. The van der Waals surface area contributed by atoms with Crippen molar-refractivity contribution in [3.8, 4) is 11.8 Å². The van der Waals surface area contributed by atoms with Gasteiger partial charge in [0.1, 0.15) is 12.1 Å². The summed E-state index contributed by atoms with van der Waals surface area (Å²) in [4.78, 5) is 38.5. The molecule has 3 rings (SSSR count). The van der Waals surface area contributed by atoms with Crippen LogP contribution in [-0.4, -0.2) is 35.8 Å². The molecule has 1 aliphatic rings. The lowest BCUT2D eigenvalue weighted by atomic mass is 9.87. The molecule has 0 aromatic heterocycles.